The highest BCUT2D eigenvalue weighted by Gasteiger charge is 2.12. The van der Waals surface area contributed by atoms with Gasteiger partial charge in [0.05, 0.1) is 12.7 Å². The number of carbonyl (C=O) groups is 1. The van der Waals surface area contributed by atoms with Gasteiger partial charge in [-0.25, -0.2) is 0 Å². The molecule has 0 bridgehead atoms. The molecule has 2 rings (SSSR count). The van der Waals surface area contributed by atoms with E-state index in [1.165, 1.54) is 7.11 Å². The number of benzene rings is 2. The first kappa shape index (κ1) is 15.7. The molecule has 0 aliphatic rings. The van der Waals surface area contributed by atoms with Crippen LogP contribution in [0.3, 0.4) is 0 Å². The predicted octanol–water partition coefficient (Wildman–Crippen LogP) is 4.02. The van der Waals surface area contributed by atoms with Crippen molar-refractivity contribution in [1.29, 1.82) is 0 Å². The van der Waals surface area contributed by atoms with E-state index in [9.17, 15) is 4.79 Å². The highest BCUT2D eigenvalue weighted by Crippen LogP contribution is 2.22. The molecule has 3 nitrogen and oxygen atoms in total. The lowest BCUT2D eigenvalue weighted by Crippen LogP contribution is -2.23. The average Bonchev–Trinajstić information content (AvgIpc) is 2.52. The molecule has 0 radical (unpaired) electrons. The molecule has 0 aromatic heterocycles. The van der Waals surface area contributed by atoms with E-state index in [1.807, 2.05) is 24.3 Å². The van der Waals surface area contributed by atoms with Gasteiger partial charge in [-0.1, -0.05) is 35.9 Å². The van der Waals surface area contributed by atoms with Crippen LogP contribution in [0.25, 0.3) is 0 Å². The van der Waals surface area contributed by atoms with Gasteiger partial charge in [-0.3, -0.25) is 4.79 Å². The number of methoxy groups -OCH3 is 1. The van der Waals surface area contributed by atoms with Gasteiger partial charge in [0.1, 0.15) is 5.75 Å². The number of amides is 1. The molecule has 0 heterocycles. The van der Waals surface area contributed by atoms with Gasteiger partial charge in [-0.2, -0.15) is 0 Å². The summed E-state index contributed by atoms with van der Waals surface area (Å²) in [5, 5.41) is 3.34. The summed E-state index contributed by atoms with van der Waals surface area (Å²) < 4.78 is 5.17. The maximum Gasteiger partial charge on any atom is 0.255 e. The zero-order valence-corrected chi connectivity index (χ0v) is 13.0. The smallest absolute Gasteiger partial charge is 0.255 e. The van der Waals surface area contributed by atoms with Gasteiger partial charge in [-0.15, -0.1) is 11.6 Å². The number of carbonyl (C=O) groups excluding carboxylic acids is 1. The quantitative estimate of drug-likeness (QED) is 0.844. The molecule has 0 atom stereocenters. The van der Waals surface area contributed by atoms with Gasteiger partial charge < -0.3 is 10.1 Å². The maximum absolute atomic E-state index is 12.2. The Morgan fingerprint density at radius 2 is 1.95 bits per heavy atom. The minimum Gasteiger partial charge on any atom is -0.496 e. The molecule has 1 N–H and O–H groups in total. The van der Waals surface area contributed by atoms with E-state index in [2.05, 4.69) is 5.32 Å². The number of ether oxygens (including phenoxy) is 1. The molecule has 21 heavy (non-hydrogen) atoms. The molecule has 1 amide bonds. The lowest BCUT2D eigenvalue weighted by Gasteiger charge is -2.10. The topological polar surface area (TPSA) is 38.3 Å². The molecule has 0 fully saturated rings. The van der Waals surface area contributed by atoms with Crippen molar-refractivity contribution in [3.8, 4) is 5.75 Å². The lowest BCUT2D eigenvalue weighted by molar-refractivity contribution is 0.0948. The SMILES string of the molecule is COc1ccc(Cl)cc1C(=O)NCc1cccc(CCl)c1. The van der Waals surface area contributed by atoms with Gasteiger partial charge in [0.2, 0.25) is 0 Å². The van der Waals surface area contributed by atoms with E-state index in [4.69, 9.17) is 27.9 Å². The highest BCUT2D eigenvalue weighted by atomic mass is 35.5. The molecule has 0 saturated carbocycles. The molecule has 0 unspecified atom stereocenters. The predicted molar refractivity (Wildman–Crippen MR) is 85.2 cm³/mol. The third-order valence-corrected chi connectivity index (χ3v) is 3.55. The summed E-state index contributed by atoms with van der Waals surface area (Å²) in [6.45, 7) is 0.416. The van der Waals surface area contributed by atoms with Crippen LogP contribution in [-0.4, -0.2) is 13.0 Å². The van der Waals surface area contributed by atoms with Crippen molar-refractivity contribution < 1.29 is 9.53 Å². The van der Waals surface area contributed by atoms with E-state index < -0.39 is 0 Å². The van der Waals surface area contributed by atoms with E-state index in [0.29, 0.717) is 28.8 Å². The summed E-state index contributed by atoms with van der Waals surface area (Å²) in [5.41, 5.74) is 2.42. The summed E-state index contributed by atoms with van der Waals surface area (Å²) in [6.07, 6.45) is 0. The standard InChI is InChI=1S/C16H15Cl2NO2/c1-21-15-6-5-13(18)8-14(15)16(20)19-10-12-4-2-3-11(7-12)9-17/h2-8H,9-10H2,1H3,(H,19,20). The minimum absolute atomic E-state index is 0.231. The Bertz CT molecular complexity index is 644. The fraction of sp³-hybridized carbons (Fsp3) is 0.188. The van der Waals surface area contributed by atoms with Crippen LogP contribution in [-0.2, 0) is 12.4 Å². The molecule has 0 aliphatic carbocycles. The summed E-state index contributed by atoms with van der Waals surface area (Å²) in [7, 11) is 1.52. The molecule has 2 aromatic rings. The molecule has 2 aromatic carbocycles. The Labute approximate surface area is 133 Å². The summed E-state index contributed by atoms with van der Waals surface area (Å²) in [6, 6.07) is 12.7. The number of nitrogens with one attached hydrogen (secondary N) is 1. The van der Waals surface area contributed by atoms with Crippen LogP contribution in [0.2, 0.25) is 5.02 Å². The number of hydrogen-bond donors (Lipinski definition) is 1. The molecule has 110 valence electrons. The number of rotatable bonds is 5. The lowest BCUT2D eigenvalue weighted by atomic mass is 10.1. The second-order valence-electron chi connectivity index (χ2n) is 4.48. The van der Waals surface area contributed by atoms with Gasteiger partial charge in [0.15, 0.2) is 0 Å². The zero-order valence-electron chi connectivity index (χ0n) is 11.5. The van der Waals surface area contributed by atoms with Crippen molar-refractivity contribution in [2.24, 2.45) is 0 Å². The Kier molecular flexibility index (Phi) is 5.48. The first-order valence-electron chi connectivity index (χ1n) is 6.39. The first-order valence-corrected chi connectivity index (χ1v) is 7.31. The van der Waals surface area contributed by atoms with Crippen LogP contribution in [0.1, 0.15) is 21.5 Å². The van der Waals surface area contributed by atoms with Gasteiger partial charge in [0.25, 0.3) is 5.91 Å². The van der Waals surface area contributed by atoms with Crippen LogP contribution in [0.4, 0.5) is 0 Å². The average molecular weight is 324 g/mol. The summed E-state index contributed by atoms with van der Waals surface area (Å²) in [5.74, 6) is 0.709. The van der Waals surface area contributed by atoms with Crippen LogP contribution in [0.15, 0.2) is 42.5 Å². The van der Waals surface area contributed by atoms with E-state index in [-0.39, 0.29) is 5.91 Å². The highest BCUT2D eigenvalue weighted by molar-refractivity contribution is 6.31. The van der Waals surface area contributed by atoms with Gasteiger partial charge in [0, 0.05) is 17.4 Å². The number of hydrogen-bond acceptors (Lipinski definition) is 2. The zero-order chi connectivity index (χ0) is 15.2. The monoisotopic (exact) mass is 323 g/mol. The fourth-order valence-electron chi connectivity index (χ4n) is 1.96. The Hall–Kier alpha value is -1.71. The van der Waals surface area contributed by atoms with E-state index in [1.54, 1.807) is 18.2 Å². The largest absolute Gasteiger partial charge is 0.496 e. The summed E-state index contributed by atoms with van der Waals surface area (Å²) in [4.78, 5) is 12.2. The first-order chi connectivity index (χ1) is 10.1. The third-order valence-electron chi connectivity index (χ3n) is 3.00. The molecule has 0 saturated heterocycles. The van der Waals surface area contributed by atoms with Crippen molar-refractivity contribution >= 4 is 29.1 Å². The van der Waals surface area contributed by atoms with Crippen LogP contribution >= 0.6 is 23.2 Å². The number of halogens is 2. The molecule has 5 heteroatoms. The molecular formula is C16H15Cl2NO2. The molecule has 0 spiro atoms. The summed E-state index contributed by atoms with van der Waals surface area (Å²) >= 11 is 11.7. The second kappa shape index (κ2) is 7.34. The van der Waals surface area contributed by atoms with Crippen LogP contribution in [0.5, 0.6) is 5.75 Å². The molecular weight excluding hydrogens is 309 g/mol. The second-order valence-corrected chi connectivity index (χ2v) is 5.18. The van der Waals surface area contributed by atoms with Crippen LogP contribution < -0.4 is 10.1 Å². The third kappa shape index (κ3) is 4.13. The Morgan fingerprint density at radius 3 is 2.67 bits per heavy atom. The molecule has 0 aliphatic heterocycles. The van der Waals surface area contributed by atoms with Gasteiger partial charge >= 0.3 is 0 Å². The van der Waals surface area contributed by atoms with Crippen molar-refractivity contribution in [2.45, 2.75) is 12.4 Å². The normalized spacial score (nSPS) is 10.2. The van der Waals surface area contributed by atoms with Crippen molar-refractivity contribution in [1.82, 2.24) is 5.32 Å². The van der Waals surface area contributed by atoms with E-state index in [0.717, 1.165) is 11.1 Å². The van der Waals surface area contributed by atoms with Gasteiger partial charge in [-0.05, 0) is 29.3 Å². The van der Waals surface area contributed by atoms with Crippen LogP contribution in [0, 0.1) is 0 Å². The van der Waals surface area contributed by atoms with Crippen molar-refractivity contribution in [3.63, 3.8) is 0 Å². The van der Waals surface area contributed by atoms with Crippen molar-refractivity contribution in [3.05, 3.63) is 64.2 Å². The number of alkyl halides is 1. The Morgan fingerprint density at radius 1 is 1.19 bits per heavy atom. The fourth-order valence-corrected chi connectivity index (χ4v) is 2.30. The van der Waals surface area contributed by atoms with Crippen molar-refractivity contribution in [2.75, 3.05) is 7.11 Å². The van der Waals surface area contributed by atoms with E-state index >= 15 is 0 Å². The Balaban J connectivity index is 2.09. The maximum atomic E-state index is 12.2. The minimum atomic E-state index is -0.231.